The Hall–Kier alpha value is -0.960. The van der Waals surface area contributed by atoms with Gasteiger partial charge in [0.05, 0.1) is 0 Å². The van der Waals surface area contributed by atoms with Crippen LogP contribution in [-0.4, -0.2) is 18.1 Å². The van der Waals surface area contributed by atoms with Gasteiger partial charge in [0.1, 0.15) is 11.0 Å². The summed E-state index contributed by atoms with van der Waals surface area (Å²) in [6, 6.07) is 3.56. The summed E-state index contributed by atoms with van der Waals surface area (Å²) in [5, 5.41) is 0.461. The van der Waals surface area contributed by atoms with E-state index in [4.69, 9.17) is 17.3 Å². The van der Waals surface area contributed by atoms with Gasteiger partial charge in [-0.05, 0) is 18.9 Å². The maximum atomic E-state index is 5.94. The van der Waals surface area contributed by atoms with E-state index in [1.54, 1.807) is 6.07 Å². The van der Waals surface area contributed by atoms with Crippen LogP contribution in [0, 0.1) is 5.92 Å². The van der Waals surface area contributed by atoms with E-state index < -0.39 is 0 Å². The van der Waals surface area contributed by atoms with Gasteiger partial charge in [-0.2, -0.15) is 0 Å². The van der Waals surface area contributed by atoms with Crippen LogP contribution in [0.4, 0.5) is 11.5 Å². The van der Waals surface area contributed by atoms with E-state index in [-0.39, 0.29) is 0 Å². The van der Waals surface area contributed by atoms with Crippen molar-refractivity contribution in [1.29, 1.82) is 0 Å². The highest BCUT2D eigenvalue weighted by Crippen LogP contribution is 2.21. The second-order valence-corrected chi connectivity index (χ2v) is 4.69. The van der Waals surface area contributed by atoms with Crippen LogP contribution in [0.1, 0.15) is 33.6 Å². The highest BCUT2D eigenvalue weighted by Gasteiger charge is 2.12. The number of nitrogen functional groups attached to an aromatic ring is 1. The standard InChI is InChI=1S/C13H22ClN3/c1-4-10(5-2)9-17(6-3)13-8-11(15)7-12(14)16-13/h7-8,10H,4-6,9H2,1-3H3,(H2,15,16). The molecule has 0 aromatic carbocycles. The summed E-state index contributed by atoms with van der Waals surface area (Å²) in [7, 11) is 0. The van der Waals surface area contributed by atoms with Crippen LogP contribution in [0.25, 0.3) is 0 Å². The summed E-state index contributed by atoms with van der Waals surface area (Å²) in [5.74, 6) is 1.57. The quantitative estimate of drug-likeness (QED) is 0.790. The van der Waals surface area contributed by atoms with Crippen molar-refractivity contribution < 1.29 is 0 Å². The van der Waals surface area contributed by atoms with Crippen LogP contribution in [0.15, 0.2) is 12.1 Å². The number of halogens is 1. The topological polar surface area (TPSA) is 42.1 Å². The molecule has 1 aromatic heterocycles. The van der Waals surface area contributed by atoms with E-state index in [0.29, 0.717) is 16.8 Å². The van der Waals surface area contributed by atoms with Gasteiger partial charge in [-0.1, -0.05) is 38.3 Å². The molecule has 0 fully saturated rings. The Morgan fingerprint density at radius 3 is 2.41 bits per heavy atom. The van der Waals surface area contributed by atoms with Gasteiger partial charge in [0.15, 0.2) is 0 Å². The van der Waals surface area contributed by atoms with E-state index in [1.807, 2.05) is 6.07 Å². The third-order valence-electron chi connectivity index (χ3n) is 3.14. The lowest BCUT2D eigenvalue weighted by Gasteiger charge is -2.26. The molecule has 0 atom stereocenters. The molecular weight excluding hydrogens is 234 g/mol. The van der Waals surface area contributed by atoms with E-state index in [9.17, 15) is 0 Å². The maximum absolute atomic E-state index is 5.94. The lowest BCUT2D eigenvalue weighted by molar-refractivity contribution is 0.484. The third kappa shape index (κ3) is 4.08. The van der Waals surface area contributed by atoms with E-state index >= 15 is 0 Å². The van der Waals surface area contributed by atoms with Crippen molar-refractivity contribution in [1.82, 2.24) is 4.98 Å². The Bertz CT molecular complexity index is 330. The Labute approximate surface area is 109 Å². The minimum Gasteiger partial charge on any atom is -0.399 e. The summed E-state index contributed by atoms with van der Waals surface area (Å²) in [4.78, 5) is 6.57. The fourth-order valence-electron chi connectivity index (χ4n) is 1.91. The Morgan fingerprint density at radius 1 is 1.29 bits per heavy atom. The molecule has 0 amide bonds. The van der Waals surface area contributed by atoms with Gasteiger partial charge >= 0.3 is 0 Å². The predicted octanol–water partition coefficient (Wildman–Crippen LogP) is 3.58. The lowest BCUT2D eigenvalue weighted by atomic mass is 10.0. The van der Waals surface area contributed by atoms with Crippen LogP contribution < -0.4 is 10.6 Å². The summed E-state index contributed by atoms with van der Waals surface area (Å²) in [6.07, 6.45) is 2.37. The molecule has 0 aliphatic carbocycles. The molecule has 1 heterocycles. The molecule has 17 heavy (non-hydrogen) atoms. The number of hydrogen-bond donors (Lipinski definition) is 1. The molecule has 0 radical (unpaired) electrons. The maximum Gasteiger partial charge on any atom is 0.133 e. The molecule has 0 saturated carbocycles. The number of anilines is 2. The first-order valence-corrected chi connectivity index (χ1v) is 6.66. The number of pyridine rings is 1. The second-order valence-electron chi connectivity index (χ2n) is 4.30. The highest BCUT2D eigenvalue weighted by atomic mass is 35.5. The molecule has 0 unspecified atom stereocenters. The first-order chi connectivity index (χ1) is 8.10. The smallest absolute Gasteiger partial charge is 0.133 e. The molecule has 1 rings (SSSR count). The molecule has 0 spiro atoms. The largest absolute Gasteiger partial charge is 0.399 e. The van der Waals surface area contributed by atoms with Crippen molar-refractivity contribution in [3.63, 3.8) is 0 Å². The molecule has 0 aliphatic heterocycles. The molecule has 3 nitrogen and oxygen atoms in total. The van der Waals surface area contributed by atoms with Crippen molar-refractivity contribution in [2.24, 2.45) is 5.92 Å². The van der Waals surface area contributed by atoms with Crippen molar-refractivity contribution in [2.75, 3.05) is 23.7 Å². The van der Waals surface area contributed by atoms with Gasteiger partial charge in [0, 0.05) is 24.8 Å². The highest BCUT2D eigenvalue weighted by molar-refractivity contribution is 6.29. The van der Waals surface area contributed by atoms with Gasteiger partial charge in [-0.25, -0.2) is 4.98 Å². The first kappa shape index (κ1) is 14.1. The normalized spacial score (nSPS) is 10.9. The van der Waals surface area contributed by atoms with Gasteiger partial charge in [0.25, 0.3) is 0 Å². The average Bonchev–Trinajstić information content (AvgIpc) is 2.29. The van der Waals surface area contributed by atoms with Gasteiger partial charge in [-0.3, -0.25) is 0 Å². The molecule has 0 bridgehead atoms. The first-order valence-electron chi connectivity index (χ1n) is 6.28. The van der Waals surface area contributed by atoms with Gasteiger partial charge in [-0.15, -0.1) is 0 Å². The molecule has 0 saturated heterocycles. The number of aromatic nitrogens is 1. The zero-order valence-corrected chi connectivity index (χ0v) is 11.7. The summed E-state index contributed by atoms with van der Waals surface area (Å²) >= 11 is 5.94. The molecule has 1 aromatic rings. The zero-order valence-electron chi connectivity index (χ0n) is 10.9. The van der Waals surface area contributed by atoms with Crippen LogP contribution >= 0.6 is 11.6 Å². The van der Waals surface area contributed by atoms with Crippen LogP contribution in [-0.2, 0) is 0 Å². The van der Waals surface area contributed by atoms with Crippen molar-refractivity contribution in [2.45, 2.75) is 33.6 Å². The van der Waals surface area contributed by atoms with Gasteiger partial charge < -0.3 is 10.6 Å². The Morgan fingerprint density at radius 2 is 1.94 bits per heavy atom. The van der Waals surface area contributed by atoms with Gasteiger partial charge in [0.2, 0.25) is 0 Å². The van der Waals surface area contributed by atoms with Crippen molar-refractivity contribution in [3.05, 3.63) is 17.3 Å². The van der Waals surface area contributed by atoms with Crippen molar-refractivity contribution in [3.8, 4) is 0 Å². The van der Waals surface area contributed by atoms with E-state index in [2.05, 4.69) is 30.7 Å². The minimum atomic E-state index is 0.461. The van der Waals surface area contributed by atoms with E-state index in [0.717, 1.165) is 18.9 Å². The number of nitrogens with two attached hydrogens (primary N) is 1. The molecule has 2 N–H and O–H groups in total. The average molecular weight is 256 g/mol. The third-order valence-corrected chi connectivity index (χ3v) is 3.34. The molecule has 96 valence electrons. The predicted molar refractivity (Wildman–Crippen MR) is 75.6 cm³/mol. The second kappa shape index (κ2) is 6.70. The molecular formula is C13H22ClN3. The molecule has 0 aliphatic rings. The number of hydrogen-bond acceptors (Lipinski definition) is 3. The van der Waals surface area contributed by atoms with Crippen LogP contribution in [0.3, 0.4) is 0 Å². The van der Waals surface area contributed by atoms with E-state index in [1.165, 1.54) is 12.8 Å². The Kier molecular flexibility index (Phi) is 5.56. The van der Waals surface area contributed by atoms with Crippen LogP contribution in [0.5, 0.6) is 0 Å². The monoisotopic (exact) mass is 255 g/mol. The SMILES string of the molecule is CCC(CC)CN(CC)c1cc(N)cc(Cl)n1. The fraction of sp³-hybridized carbons (Fsp3) is 0.615. The van der Waals surface area contributed by atoms with Crippen molar-refractivity contribution >= 4 is 23.1 Å². The summed E-state index contributed by atoms with van der Waals surface area (Å²) in [6.45, 7) is 8.50. The zero-order chi connectivity index (χ0) is 12.8. The fourth-order valence-corrected chi connectivity index (χ4v) is 2.12. The summed E-state index contributed by atoms with van der Waals surface area (Å²) in [5.41, 5.74) is 6.47. The molecule has 4 heteroatoms. The van der Waals surface area contributed by atoms with Crippen LogP contribution in [0.2, 0.25) is 5.15 Å². The number of rotatable bonds is 6. The number of nitrogens with zero attached hydrogens (tertiary/aromatic N) is 2. The lowest BCUT2D eigenvalue weighted by Crippen LogP contribution is -2.29. The Balaban J connectivity index is 2.85. The minimum absolute atomic E-state index is 0.461. The summed E-state index contributed by atoms with van der Waals surface area (Å²) < 4.78 is 0.